The van der Waals surface area contributed by atoms with E-state index < -0.39 is 11.7 Å². The van der Waals surface area contributed by atoms with Crippen molar-refractivity contribution in [3.8, 4) is 22.7 Å². The molecule has 0 spiro atoms. The summed E-state index contributed by atoms with van der Waals surface area (Å²) < 4.78 is 45.0. The van der Waals surface area contributed by atoms with Crippen molar-refractivity contribution in [2.75, 3.05) is 7.11 Å². The van der Waals surface area contributed by atoms with Gasteiger partial charge >= 0.3 is 6.18 Å². The van der Waals surface area contributed by atoms with Crippen molar-refractivity contribution in [1.82, 2.24) is 9.78 Å². The van der Waals surface area contributed by atoms with Gasteiger partial charge in [0.25, 0.3) is 0 Å². The van der Waals surface area contributed by atoms with Crippen LogP contribution in [0.5, 0.6) is 5.88 Å². The molecule has 1 aromatic heterocycles. The minimum absolute atomic E-state index is 0.331. The molecule has 0 fully saturated rings. The average molecular weight is 318 g/mol. The number of hydrogen-bond donors (Lipinski definition) is 0. The van der Waals surface area contributed by atoms with Crippen LogP contribution < -0.4 is 4.74 Å². The molecule has 23 heavy (non-hydrogen) atoms. The van der Waals surface area contributed by atoms with Crippen LogP contribution in [0.15, 0.2) is 60.8 Å². The van der Waals surface area contributed by atoms with E-state index in [9.17, 15) is 13.2 Å². The smallest absolute Gasteiger partial charge is 0.423 e. The number of halogens is 3. The lowest BCUT2D eigenvalue weighted by Gasteiger charge is -2.11. The normalized spacial score (nSPS) is 11.5. The Bertz CT molecular complexity index is 810. The van der Waals surface area contributed by atoms with E-state index in [4.69, 9.17) is 4.74 Å². The molecule has 3 rings (SSSR count). The van der Waals surface area contributed by atoms with Crippen LogP contribution in [0.1, 0.15) is 5.56 Å². The van der Waals surface area contributed by atoms with Gasteiger partial charge in [0.2, 0.25) is 5.88 Å². The van der Waals surface area contributed by atoms with Gasteiger partial charge in [0.05, 0.1) is 19.0 Å². The highest BCUT2D eigenvalue weighted by Gasteiger charge is 2.37. The zero-order chi connectivity index (χ0) is 16.4. The minimum atomic E-state index is -4.51. The Labute approximate surface area is 130 Å². The van der Waals surface area contributed by atoms with Crippen LogP contribution in [-0.2, 0) is 6.18 Å². The Balaban J connectivity index is 2.08. The molecule has 0 aliphatic carbocycles. The number of aromatic nitrogens is 2. The molecule has 118 valence electrons. The highest BCUT2D eigenvalue weighted by atomic mass is 19.4. The van der Waals surface area contributed by atoms with E-state index in [1.165, 1.54) is 7.11 Å². The molecule has 1 heterocycles. The van der Waals surface area contributed by atoms with Gasteiger partial charge in [-0.05, 0) is 23.3 Å². The maximum atomic E-state index is 13.0. The lowest BCUT2D eigenvalue weighted by Crippen LogP contribution is -2.07. The molecule has 6 heteroatoms. The Hall–Kier alpha value is -2.76. The first-order valence-corrected chi connectivity index (χ1v) is 6.86. The third kappa shape index (κ3) is 2.92. The number of benzene rings is 2. The van der Waals surface area contributed by atoms with Gasteiger partial charge in [-0.25, -0.2) is 4.68 Å². The van der Waals surface area contributed by atoms with Crippen LogP contribution >= 0.6 is 0 Å². The summed E-state index contributed by atoms with van der Waals surface area (Å²) in [5.74, 6) is -0.331. The van der Waals surface area contributed by atoms with Gasteiger partial charge < -0.3 is 4.74 Å². The fourth-order valence-electron chi connectivity index (χ4n) is 2.36. The molecule has 0 unspecified atom stereocenters. The number of alkyl halides is 3. The highest BCUT2D eigenvalue weighted by Crippen LogP contribution is 2.37. The summed E-state index contributed by atoms with van der Waals surface area (Å²) in [7, 11) is 1.20. The molecular weight excluding hydrogens is 305 g/mol. The number of methoxy groups -OCH3 is 1. The Morgan fingerprint density at radius 1 is 0.957 bits per heavy atom. The number of ether oxygens (including phenoxy) is 1. The third-order valence-electron chi connectivity index (χ3n) is 3.42. The standard InChI is InChI=1S/C17H13F3N2O/c1-23-16-15(17(18,19)20)11-21-22(16)14-9-5-8-13(10-14)12-6-3-2-4-7-12/h2-11H,1H3. The van der Waals surface area contributed by atoms with Gasteiger partial charge in [0.1, 0.15) is 5.56 Å². The maximum Gasteiger partial charge on any atom is 0.423 e. The quantitative estimate of drug-likeness (QED) is 0.707. The second-order valence-electron chi connectivity index (χ2n) is 4.89. The van der Waals surface area contributed by atoms with E-state index in [0.717, 1.165) is 22.0 Å². The Morgan fingerprint density at radius 3 is 2.30 bits per heavy atom. The van der Waals surface area contributed by atoms with Gasteiger partial charge in [-0.3, -0.25) is 0 Å². The zero-order valence-electron chi connectivity index (χ0n) is 12.2. The summed E-state index contributed by atoms with van der Waals surface area (Å²) in [4.78, 5) is 0. The lowest BCUT2D eigenvalue weighted by molar-refractivity contribution is -0.138. The van der Waals surface area contributed by atoms with Gasteiger partial charge in [-0.15, -0.1) is 0 Å². The van der Waals surface area contributed by atoms with E-state index in [1.807, 2.05) is 36.4 Å². The van der Waals surface area contributed by atoms with E-state index in [0.29, 0.717) is 5.69 Å². The first-order chi connectivity index (χ1) is 11.0. The van der Waals surface area contributed by atoms with Crippen molar-refractivity contribution >= 4 is 0 Å². The molecule has 2 aromatic carbocycles. The fourth-order valence-corrected chi connectivity index (χ4v) is 2.36. The second kappa shape index (κ2) is 5.79. The fraction of sp³-hybridized carbons (Fsp3) is 0.118. The Morgan fingerprint density at radius 2 is 1.65 bits per heavy atom. The van der Waals surface area contributed by atoms with Crippen LogP contribution in [0.2, 0.25) is 0 Å². The van der Waals surface area contributed by atoms with E-state index in [-0.39, 0.29) is 5.88 Å². The zero-order valence-corrected chi connectivity index (χ0v) is 12.2. The van der Waals surface area contributed by atoms with Crippen molar-refractivity contribution in [3.05, 3.63) is 66.4 Å². The first kappa shape index (κ1) is 15.1. The van der Waals surface area contributed by atoms with Gasteiger partial charge in [0, 0.05) is 0 Å². The molecule has 0 bridgehead atoms. The number of hydrogen-bond acceptors (Lipinski definition) is 2. The van der Waals surface area contributed by atoms with Crippen molar-refractivity contribution in [3.63, 3.8) is 0 Å². The molecule has 0 atom stereocenters. The third-order valence-corrected chi connectivity index (χ3v) is 3.42. The first-order valence-electron chi connectivity index (χ1n) is 6.86. The summed E-state index contributed by atoms with van der Waals surface area (Å²) >= 11 is 0. The molecular formula is C17H13F3N2O. The SMILES string of the molecule is COc1c(C(F)(F)F)cnn1-c1cccc(-c2ccccc2)c1. The molecule has 0 aliphatic heterocycles. The van der Waals surface area contributed by atoms with Gasteiger partial charge in [0.15, 0.2) is 0 Å². The molecule has 0 saturated carbocycles. The van der Waals surface area contributed by atoms with Crippen LogP contribution in [-0.4, -0.2) is 16.9 Å². The van der Waals surface area contributed by atoms with Crippen molar-refractivity contribution in [1.29, 1.82) is 0 Å². The summed E-state index contributed by atoms with van der Waals surface area (Å²) in [5, 5.41) is 3.83. The van der Waals surface area contributed by atoms with Crippen LogP contribution in [0.4, 0.5) is 13.2 Å². The monoisotopic (exact) mass is 318 g/mol. The summed E-state index contributed by atoms with van der Waals surface area (Å²) in [5.41, 5.74) is 1.45. The second-order valence-corrected chi connectivity index (χ2v) is 4.89. The predicted octanol–water partition coefficient (Wildman–Crippen LogP) is 4.57. The summed E-state index contributed by atoms with van der Waals surface area (Å²) in [6.45, 7) is 0. The van der Waals surface area contributed by atoms with E-state index in [2.05, 4.69) is 5.10 Å². The largest absolute Gasteiger partial charge is 0.480 e. The van der Waals surface area contributed by atoms with Gasteiger partial charge in [-0.2, -0.15) is 18.3 Å². The van der Waals surface area contributed by atoms with Gasteiger partial charge in [-0.1, -0.05) is 42.5 Å². The molecule has 0 saturated heterocycles. The predicted molar refractivity (Wildman–Crippen MR) is 80.6 cm³/mol. The molecule has 0 aliphatic rings. The Kier molecular flexibility index (Phi) is 3.82. The van der Waals surface area contributed by atoms with Crippen LogP contribution in [0, 0.1) is 0 Å². The molecule has 3 aromatic rings. The molecule has 3 nitrogen and oxygen atoms in total. The summed E-state index contributed by atoms with van der Waals surface area (Å²) in [6, 6.07) is 16.7. The van der Waals surface area contributed by atoms with Crippen LogP contribution in [0.25, 0.3) is 16.8 Å². The number of rotatable bonds is 3. The molecule has 0 amide bonds. The highest BCUT2D eigenvalue weighted by molar-refractivity contribution is 5.66. The maximum absolute atomic E-state index is 13.0. The van der Waals surface area contributed by atoms with Crippen molar-refractivity contribution < 1.29 is 17.9 Å². The topological polar surface area (TPSA) is 27.1 Å². The summed E-state index contributed by atoms with van der Waals surface area (Å²) in [6.07, 6.45) is -3.74. The van der Waals surface area contributed by atoms with E-state index >= 15 is 0 Å². The van der Waals surface area contributed by atoms with E-state index in [1.54, 1.807) is 18.2 Å². The van der Waals surface area contributed by atoms with Crippen molar-refractivity contribution in [2.24, 2.45) is 0 Å². The minimum Gasteiger partial charge on any atom is -0.480 e. The van der Waals surface area contributed by atoms with Crippen molar-refractivity contribution in [2.45, 2.75) is 6.18 Å². The molecule has 0 N–H and O–H groups in total. The average Bonchev–Trinajstić information content (AvgIpc) is 3.00. The lowest BCUT2D eigenvalue weighted by atomic mass is 10.1. The van der Waals surface area contributed by atoms with Crippen LogP contribution in [0.3, 0.4) is 0 Å². The number of nitrogens with zero attached hydrogens (tertiary/aromatic N) is 2. The molecule has 0 radical (unpaired) electrons.